The lowest BCUT2D eigenvalue weighted by molar-refractivity contribution is -0.139. The van der Waals surface area contributed by atoms with E-state index in [1.165, 1.54) is 28.0 Å². The van der Waals surface area contributed by atoms with Gasteiger partial charge in [0.25, 0.3) is 5.56 Å². The molecule has 1 aromatic heterocycles. The number of benzene rings is 3. The number of halogens is 3. The fourth-order valence-electron chi connectivity index (χ4n) is 4.42. The van der Waals surface area contributed by atoms with Gasteiger partial charge in [-0.05, 0) is 88.9 Å². The van der Waals surface area contributed by atoms with Crippen LogP contribution in [-0.2, 0) is 16.1 Å². The molecule has 1 atom stereocenters. The average molecular weight is 642 g/mol. The second-order valence-electron chi connectivity index (χ2n) is 8.96. The summed E-state index contributed by atoms with van der Waals surface area (Å²) in [5, 5.41) is 0.642. The Labute approximate surface area is 246 Å². The summed E-state index contributed by atoms with van der Waals surface area (Å²) in [7, 11) is 0. The van der Waals surface area contributed by atoms with E-state index in [9.17, 15) is 14.0 Å². The molecule has 4 aromatic rings. The number of aromatic nitrogens is 1. The lowest BCUT2D eigenvalue weighted by atomic mass is 9.96. The standard InChI is InChI=1S/C30H23BrClFN2O4S/c1-3-38-29(37)26-17(2)34-30-35(27(26)20-8-10-22(33)11-9-20)28(36)25(40-30)15-18-7-12-24(23(31)14-18)39-16-19-5-4-6-21(32)13-19/h4-15,27H,3,16H2,1-2H3/b25-15-/t27-/m1/s1. The highest BCUT2D eigenvalue weighted by molar-refractivity contribution is 9.10. The molecular weight excluding hydrogens is 619 g/mol. The van der Waals surface area contributed by atoms with Crippen LogP contribution in [0.1, 0.15) is 36.6 Å². The van der Waals surface area contributed by atoms with Gasteiger partial charge in [-0.25, -0.2) is 14.2 Å². The van der Waals surface area contributed by atoms with Crippen LogP contribution in [0, 0.1) is 5.82 Å². The van der Waals surface area contributed by atoms with E-state index in [4.69, 9.17) is 21.1 Å². The molecule has 0 aliphatic carbocycles. The number of nitrogens with zero attached hydrogens (tertiary/aromatic N) is 2. The van der Waals surface area contributed by atoms with Crippen molar-refractivity contribution in [1.29, 1.82) is 0 Å². The van der Waals surface area contributed by atoms with Gasteiger partial charge in [0.05, 0.1) is 32.9 Å². The van der Waals surface area contributed by atoms with Crippen LogP contribution in [-0.4, -0.2) is 17.1 Å². The summed E-state index contributed by atoms with van der Waals surface area (Å²) in [5.41, 5.74) is 2.67. The second kappa shape index (κ2) is 11.9. The highest BCUT2D eigenvalue weighted by Crippen LogP contribution is 2.31. The summed E-state index contributed by atoms with van der Waals surface area (Å²) in [5.74, 6) is -0.339. The molecule has 0 saturated carbocycles. The number of carbonyl (C=O) groups excluding carboxylic acids is 1. The number of fused-ring (bicyclic) bond motifs is 1. The first-order valence-electron chi connectivity index (χ1n) is 12.4. The molecular formula is C30H23BrClFN2O4S. The summed E-state index contributed by atoms with van der Waals surface area (Å²) in [6.45, 7) is 3.94. The predicted molar refractivity (Wildman–Crippen MR) is 157 cm³/mol. The minimum atomic E-state index is -0.799. The van der Waals surface area contributed by atoms with Crippen molar-refractivity contribution in [2.45, 2.75) is 26.5 Å². The molecule has 10 heteroatoms. The summed E-state index contributed by atoms with van der Waals surface area (Å²) >= 11 is 10.8. The van der Waals surface area contributed by atoms with E-state index in [0.29, 0.717) is 38.0 Å². The average Bonchev–Trinajstić information content (AvgIpc) is 3.22. The molecule has 5 rings (SSSR count). The molecule has 0 N–H and O–H groups in total. The summed E-state index contributed by atoms with van der Waals surface area (Å²) in [6.07, 6.45) is 1.76. The zero-order chi connectivity index (χ0) is 28.4. The lowest BCUT2D eigenvalue weighted by Crippen LogP contribution is -2.39. The Morgan fingerprint density at radius 1 is 1.18 bits per heavy atom. The summed E-state index contributed by atoms with van der Waals surface area (Å²) in [6, 6.07) is 17.9. The molecule has 0 radical (unpaired) electrons. The van der Waals surface area contributed by atoms with E-state index in [1.54, 1.807) is 38.1 Å². The predicted octanol–water partition coefficient (Wildman–Crippen LogP) is 5.93. The number of ether oxygens (including phenoxy) is 2. The minimum Gasteiger partial charge on any atom is -0.488 e. The van der Waals surface area contributed by atoms with Crippen LogP contribution in [0.4, 0.5) is 4.39 Å². The van der Waals surface area contributed by atoms with Gasteiger partial charge in [0.1, 0.15) is 18.2 Å². The van der Waals surface area contributed by atoms with E-state index >= 15 is 0 Å². The monoisotopic (exact) mass is 640 g/mol. The Hall–Kier alpha value is -3.53. The summed E-state index contributed by atoms with van der Waals surface area (Å²) < 4.78 is 27.6. The van der Waals surface area contributed by atoms with Gasteiger partial charge in [0.2, 0.25) is 0 Å². The maximum Gasteiger partial charge on any atom is 0.338 e. The number of thiazole rings is 1. The van der Waals surface area contributed by atoms with Gasteiger partial charge in [-0.2, -0.15) is 0 Å². The topological polar surface area (TPSA) is 69.9 Å². The Morgan fingerprint density at radius 3 is 2.65 bits per heavy atom. The smallest absolute Gasteiger partial charge is 0.338 e. The van der Waals surface area contributed by atoms with Gasteiger partial charge in [-0.3, -0.25) is 9.36 Å². The maximum atomic E-state index is 13.7. The van der Waals surface area contributed by atoms with Gasteiger partial charge in [0.15, 0.2) is 4.80 Å². The Morgan fingerprint density at radius 2 is 1.95 bits per heavy atom. The van der Waals surface area contributed by atoms with Crippen LogP contribution in [0.5, 0.6) is 5.75 Å². The van der Waals surface area contributed by atoms with Gasteiger partial charge in [0, 0.05) is 5.02 Å². The van der Waals surface area contributed by atoms with Crippen molar-refractivity contribution in [3.63, 3.8) is 0 Å². The van der Waals surface area contributed by atoms with Gasteiger partial charge >= 0.3 is 5.97 Å². The normalized spacial score (nSPS) is 15.0. The Bertz CT molecular complexity index is 1810. The minimum absolute atomic E-state index is 0.170. The second-order valence-corrected chi connectivity index (χ2v) is 11.3. The van der Waals surface area contributed by atoms with Crippen molar-refractivity contribution in [2.24, 2.45) is 4.99 Å². The number of carbonyl (C=O) groups is 1. The van der Waals surface area contributed by atoms with E-state index < -0.39 is 17.8 Å². The van der Waals surface area contributed by atoms with Crippen LogP contribution >= 0.6 is 38.9 Å². The number of esters is 1. The van der Waals surface area contributed by atoms with Crippen molar-refractivity contribution in [3.05, 3.63) is 130 Å². The molecule has 0 saturated heterocycles. The number of rotatable bonds is 7. The first kappa shape index (κ1) is 28.0. The third kappa shape index (κ3) is 5.82. The molecule has 0 spiro atoms. The molecule has 204 valence electrons. The molecule has 0 fully saturated rings. The molecule has 40 heavy (non-hydrogen) atoms. The number of allylic oxidation sites excluding steroid dienone is 1. The van der Waals surface area contributed by atoms with Crippen molar-refractivity contribution in [3.8, 4) is 5.75 Å². The van der Waals surface area contributed by atoms with Crippen LogP contribution in [0.15, 0.2) is 92.3 Å². The first-order chi connectivity index (χ1) is 19.2. The third-order valence-corrected chi connectivity index (χ3v) is 8.08. The fourth-order valence-corrected chi connectivity index (χ4v) is 6.19. The van der Waals surface area contributed by atoms with Crippen LogP contribution in [0.2, 0.25) is 5.02 Å². The van der Waals surface area contributed by atoms with Crippen molar-refractivity contribution < 1.29 is 18.7 Å². The largest absolute Gasteiger partial charge is 0.488 e. The van der Waals surface area contributed by atoms with Crippen molar-refractivity contribution in [1.82, 2.24) is 4.57 Å². The zero-order valence-corrected chi connectivity index (χ0v) is 24.6. The zero-order valence-electron chi connectivity index (χ0n) is 21.5. The van der Waals surface area contributed by atoms with Gasteiger partial charge < -0.3 is 9.47 Å². The molecule has 0 bridgehead atoms. The van der Waals surface area contributed by atoms with E-state index in [0.717, 1.165) is 15.6 Å². The number of hydrogen-bond acceptors (Lipinski definition) is 6. The van der Waals surface area contributed by atoms with Gasteiger partial charge in [-0.1, -0.05) is 53.3 Å². The Balaban J connectivity index is 1.52. The third-order valence-electron chi connectivity index (χ3n) is 6.24. The molecule has 3 aromatic carbocycles. The van der Waals surface area contributed by atoms with Crippen molar-refractivity contribution >= 4 is 50.9 Å². The van der Waals surface area contributed by atoms with E-state index in [2.05, 4.69) is 20.9 Å². The fraction of sp³-hybridized carbons (Fsp3) is 0.167. The van der Waals surface area contributed by atoms with Crippen LogP contribution < -0.4 is 19.6 Å². The molecule has 0 unspecified atom stereocenters. The van der Waals surface area contributed by atoms with E-state index in [1.807, 2.05) is 36.4 Å². The molecule has 1 aliphatic heterocycles. The van der Waals surface area contributed by atoms with Gasteiger partial charge in [-0.15, -0.1) is 0 Å². The van der Waals surface area contributed by atoms with Crippen molar-refractivity contribution in [2.75, 3.05) is 6.61 Å². The molecule has 6 nitrogen and oxygen atoms in total. The quantitative estimate of drug-likeness (QED) is 0.235. The Kier molecular flexibility index (Phi) is 8.35. The first-order valence-corrected chi connectivity index (χ1v) is 14.4. The van der Waals surface area contributed by atoms with Crippen LogP contribution in [0.3, 0.4) is 0 Å². The highest BCUT2D eigenvalue weighted by Gasteiger charge is 2.33. The number of hydrogen-bond donors (Lipinski definition) is 0. The SMILES string of the molecule is CCOC(=O)C1=C(C)N=c2s/c(=C\c3ccc(OCc4cccc(Cl)c4)c(Br)c3)c(=O)n2[C@@H]1c1ccc(F)cc1. The maximum absolute atomic E-state index is 13.7. The lowest BCUT2D eigenvalue weighted by Gasteiger charge is -2.24. The van der Waals surface area contributed by atoms with E-state index in [-0.39, 0.29) is 17.7 Å². The van der Waals surface area contributed by atoms with Crippen LogP contribution in [0.25, 0.3) is 6.08 Å². The molecule has 2 heterocycles. The molecule has 1 aliphatic rings. The highest BCUT2D eigenvalue weighted by atomic mass is 79.9. The molecule has 0 amide bonds. The summed E-state index contributed by atoms with van der Waals surface area (Å²) in [4.78, 5) is 31.7.